The third-order valence-electron chi connectivity index (χ3n) is 3.98. The third kappa shape index (κ3) is 3.56. The average Bonchev–Trinajstić information content (AvgIpc) is 2.36. The molecule has 0 amide bonds. The van der Waals surface area contributed by atoms with Crippen LogP contribution in [0, 0.1) is 6.92 Å². The van der Waals surface area contributed by atoms with Crippen LogP contribution in [0.3, 0.4) is 0 Å². The second-order valence-electron chi connectivity index (χ2n) is 5.73. The largest absolute Gasteiger partial charge is 0.389 e. The predicted molar refractivity (Wildman–Crippen MR) is 75.8 cm³/mol. The Kier molecular flexibility index (Phi) is 4.41. The predicted octanol–water partition coefficient (Wildman–Crippen LogP) is 2.77. The minimum absolute atomic E-state index is 0.487. The molecule has 0 unspecified atom stereocenters. The Balaban J connectivity index is 1.91. The minimum atomic E-state index is -0.487. The van der Waals surface area contributed by atoms with Crippen LogP contribution >= 0.6 is 0 Å². The van der Waals surface area contributed by atoms with Crippen molar-refractivity contribution < 1.29 is 5.11 Å². The van der Waals surface area contributed by atoms with Gasteiger partial charge in [-0.2, -0.15) is 0 Å². The Labute approximate surface area is 111 Å². The molecule has 1 aliphatic rings. The highest BCUT2D eigenvalue weighted by Crippen LogP contribution is 2.26. The first-order valence-corrected chi connectivity index (χ1v) is 7.11. The summed E-state index contributed by atoms with van der Waals surface area (Å²) in [5.41, 5.74) is 2.05. The number of piperidine rings is 1. The molecule has 2 rings (SSSR count). The monoisotopic (exact) mass is 247 g/mol. The second kappa shape index (κ2) is 5.85. The first-order valence-electron chi connectivity index (χ1n) is 7.11. The van der Waals surface area contributed by atoms with Gasteiger partial charge in [-0.3, -0.25) is 0 Å². The van der Waals surface area contributed by atoms with Crippen LogP contribution in [-0.2, 0) is 6.42 Å². The molecule has 1 fully saturated rings. The van der Waals surface area contributed by atoms with E-state index in [-0.39, 0.29) is 0 Å². The summed E-state index contributed by atoms with van der Waals surface area (Å²) in [5, 5.41) is 10.7. The molecule has 1 aromatic carbocycles. The summed E-state index contributed by atoms with van der Waals surface area (Å²) in [6.07, 6.45) is 3.81. The molecule has 1 aromatic rings. The molecule has 0 spiro atoms. The lowest BCUT2D eigenvalue weighted by molar-refractivity contribution is -0.0205. The zero-order chi connectivity index (χ0) is 13.0. The van der Waals surface area contributed by atoms with Crippen LogP contribution in [0.2, 0.25) is 0 Å². The molecule has 100 valence electrons. The van der Waals surface area contributed by atoms with E-state index < -0.39 is 5.60 Å². The summed E-state index contributed by atoms with van der Waals surface area (Å²) >= 11 is 0. The van der Waals surface area contributed by atoms with Gasteiger partial charge in [0.05, 0.1) is 5.60 Å². The number of benzene rings is 1. The molecule has 1 N–H and O–H groups in total. The summed E-state index contributed by atoms with van der Waals surface area (Å²) in [6, 6.07) is 8.55. The highest BCUT2D eigenvalue weighted by atomic mass is 16.3. The van der Waals surface area contributed by atoms with Crippen molar-refractivity contribution in [2.75, 3.05) is 19.6 Å². The molecule has 0 atom stereocenters. The van der Waals surface area contributed by atoms with E-state index in [9.17, 15) is 5.11 Å². The maximum atomic E-state index is 10.7. The molecular formula is C16H25NO. The van der Waals surface area contributed by atoms with Crippen molar-refractivity contribution in [3.63, 3.8) is 0 Å². The fourth-order valence-corrected chi connectivity index (χ4v) is 2.77. The highest BCUT2D eigenvalue weighted by Gasteiger charge is 2.31. The summed E-state index contributed by atoms with van der Waals surface area (Å²) in [4.78, 5) is 2.46. The van der Waals surface area contributed by atoms with Gasteiger partial charge in [-0.1, -0.05) is 36.8 Å². The maximum absolute atomic E-state index is 10.7. The fourth-order valence-electron chi connectivity index (χ4n) is 2.77. The number of aliphatic hydroxyl groups is 1. The van der Waals surface area contributed by atoms with Crippen molar-refractivity contribution in [2.45, 2.75) is 45.1 Å². The molecule has 18 heavy (non-hydrogen) atoms. The van der Waals surface area contributed by atoms with Crippen molar-refractivity contribution in [3.05, 3.63) is 35.4 Å². The Bertz CT molecular complexity index is 363. The molecule has 0 saturated carbocycles. The van der Waals surface area contributed by atoms with Crippen molar-refractivity contribution in [3.8, 4) is 0 Å². The Morgan fingerprint density at radius 1 is 1.17 bits per heavy atom. The number of aryl methyl sites for hydroxylation is 1. The smallest absolute Gasteiger partial charge is 0.0712 e. The van der Waals surface area contributed by atoms with Gasteiger partial charge >= 0.3 is 0 Å². The first kappa shape index (κ1) is 13.6. The second-order valence-corrected chi connectivity index (χ2v) is 5.73. The van der Waals surface area contributed by atoms with Gasteiger partial charge in [0, 0.05) is 19.5 Å². The number of hydrogen-bond donors (Lipinski definition) is 1. The molecule has 2 heteroatoms. The highest BCUT2D eigenvalue weighted by molar-refractivity contribution is 5.23. The molecule has 1 heterocycles. The van der Waals surface area contributed by atoms with E-state index >= 15 is 0 Å². The summed E-state index contributed by atoms with van der Waals surface area (Å²) in [5.74, 6) is 0. The van der Waals surface area contributed by atoms with Crippen LogP contribution in [0.5, 0.6) is 0 Å². The number of nitrogens with zero attached hydrogens (tertiary/aromatic N) is 1. The Morgan fingerprint density at radius 2 is 1.78 bits per heavy atom. The van der Waals surface area contributed by atoms with Crippen LogP contribution < -0.4 is 0 Å². The Morgan fingerprint density at radius 3 is 2.33 bits per heavy atom. The average molecular weight is 247 g/mol. The van der Waals surface area contributed by atoms with Crippen LogP contribution in [0.1, 0.15) is 37.3 Å². The SMILES string of the molecule is CCCN1CCC(O)(Cc2ccc(C)cc2)CC1. The van der Waals surface area contributed by atoms with E-state index in [0.29, 0.717) is 0 Å². The van der Waals surface area contributed by atoms with E-state index in [1.165, 1.54) is 24.1 Å². The van der Waals surface area contributed by atoms with Gasteiger partial charge in [0.1, 0.15) is 0 Å². The zero-order valence-electron chi connectivity index (χ0n) is 11.7. The lowest BCUT2D eigenvalue weighted by Gasteiger charge is -2.38. The number of rotatable bonds is 4. The van der Waals surface area contributed by atoms with Crippen molar-refractivity contribution in [1.29, 1.82) is 0 Å². The van der Waals surface area contributed by atoms with Gasteiger partial charge in [0.2, 0.25) is 0 Å². The van der Waals surface area contributed by atoms with Crippen LogP contribution in [0.4, 0.5) is 0 Å². The van der Waals surface area contributed by atoms with E-state index in [1.54, 1.807) is 0 Å². The van der Waals surface area contributed by atoms with E-state index in [1.807, 2.05) is 0 Å². The van der Waals surface area contributed by atoms with Gasteiger partial charge in [0.15, 0.2) is 0 Å². The molecule has 1 saturated heterocycles. The molecular weight excluding hydrogens is 222 g/mol. The molecule has 0 aliphatic carbocycles. The summed E-state index contributed by atoms with van der Waals surface area (Å²) in [6.45, 7) is 7.56. The van der Waals surface area contributed by atoms with Gasteiger partial charge < -0.3 is 10.0 Å². The molecule has 0 bridgehead atoms. The number of likely N-dealkylation sites (tertiary alicyclic amines) is 1. The van der Waals surface area contributed by atoms with Gasteiger partial charge in [0.25, 0.3) is 0 Å². The van der Waals surface area contributed by atoms with Crippen molar-refractivity contribution >= 4 is 0 Å². The summed E-state index contributed by atoms with van der Waals surface area (Å²) in [7, 11) is 0. The van der Waals surface area contributed by atoms with E-state index in [4.69, 9.17) is 0 Å². The fraction of sp³-hybridized carbons (Fsp3) is 0.625. The van der Waals surface area contributed by atoms with E-state index in [2.05, 4.69) is 43.0 Å². The molecule has 2 nitrogen and oxygen atoms in total. The molecule has 0 radical (unpaired) electrons. The third-order valence-corrected chi connectivity index (χ3v) is 3.98. The topological polar surface area (TPSA) is 23.5 Å². The number of hydrogen-bond acceptors (Lipinski definition) is 2. The van der Waals surface area contributed by atoms with E-state index in [0.717, 1.165) is 32.4 Å². The Hall–Kier alpha value is -0.860. The maximum Gasteiger partial charge on any atom is 0.0712 e. The zero-order valence-corrected chi connectivity index (χ0v) is 11.7. The minimum Gasteiger partial charge on any atom is -0.389 e. The van der Waals surface area contributed by atoms with Crippen LogP contribution in [-0.4, -0.2) is 35.2 Å². The van der Waals surface area contributed by atoms with Crippen molar-refractivity contribution in [1.82, 2.24) is 4.90 Å². The molecule has 0 aromatic heterocycles. The first-order chi connectivity index (χ1) is 8.61. The van der Waals surface area contributed by atoms with Gasteiger partial charge in [-0.15, -0.1) is 0 Å². The van der Waals surface area contributed by atoms with Gasteiger partial charge in [-0.25, -0.2) is 0 Å². The van der Waals surface area contributed by atoms with Crippen LogP contribution in [0.15, 0.2) is 24.3 Å². The van der Waals surface area contributed by atoms with Crippen molar-refractivity contribution in [2.24, 2.45) is 0 Å². The molecule has 1 aliphatic heterocycles. The summed E-state index contributed by atoms with van der Waals surface area (Å²) < 4.78 is 0. The standard InChI is InChI=1S/C16H25NO/c1-3-10-17-11-8-16(18,9-12-17)13-15-6-4-14(2)5-7-15/h4-7,18H,3,8-13H2,1-2H3. The lowest BCUT2D eigenvalue weighted by Crippen LogP contribution is -2.45. The van der Waals surface area contributed by atoms with Gasteiger partial charge in [-0.05, 0) is 38.3 Å². The van der Waals surface area contributed by atoms with Crippen LogP contribution in [0.25, 0.3) is 0 Å². The normalized spacial score (nSPS) is 19.9. The lowest BCUT2D eigenvalue weighted by atomic mass is 9.85. The quantitative estimate of drug-likeness (QED) is 0.884.